The van der Waals surface area contributed by atoms with Crippen LogP contribution in [-0.4, -0.2) is 57.5 Å². The third-order valence-corrected chi connectivity index (χ3v) is 10.5. The van der Waals surface area contributed by atoms with Crippen LogP contribution in [0.2, 0.25) is 5.02 Å². The predicted octanol–water partition coefficient (Wildman–Crippen LogP) is 5.96. The topological polar surface area (TPSA) is 133 Å². The van der Waals surface area contributed by atoms with Crippen LogP contribution in [0.25, 0.3) is 0 Å². The van der Waals surface area contributed by atoms with Crippen molar-refractivity contribution < 1.29 is 16.8 Å². The summed E-state index contributed by atoms with van der Waals surface area (Å²) < 4.78 is 52.8. The summed E-state index contributed by atoms with van der Waals surface area (Å²) in [7, 11) is -5.60. The van der Waals surface area contributed by atoms with E-state index in [4.69, 9.17) is 11.6 Å². The summed E-state index contributed by atoms with van der Waals surface area (Å²) >= 11 is 6.30. The Kier molecular flexibility index (Phi) is 10.5. The molecule has 3 aromatic rings. The molecule has 3 N–H and O–H groups in total. The summed E-state index contributed by atoms with van der Waals surface area (Å²) in [6.07, 6.45) is 9.16. The fraction of sp³-hybridized carbons (Fsp3) is 0.448. The molecule has 2 aliphatic rings. The SMILES string of the molecule is CCCCCC.CNS(=O)(=O)c1ccccc1Nc1nc(Nc2ccc3c(c2)C2CC3CN(S(C)(=O)=O)C2)ncc1Cl. The van der Waals surface area contributed by atoms with Crippen LogP contribution in [0.3, 0.4) is 0 Å². The Bertz CT molecular complexity index is 1610. The van der Waals surface area contributed by atoms with Crippen LogP contribution in [0.1, 0.15) is 68.9 Å². The minimum atomic E-state index is -3.70. The number of hydrogen-bond donors (Lipinski definition) is 3. The lowest BCUT2D eigenvalue weighted by molar-refractivity contribution is 0.311. The number of halogens is 1. The minimum absolute atomic E-state index is 0.0598. The fourth-order valence-electron chi connectivity index (χ4n) is 5.34. The zero-order valence-corrected chi connectivity index (χ0v) is 26.8. The van der Waals surface area contributed by atoms with Crippen molar-refractivity contribution in [1.29, 1.82) is 0 Å². The molecule has 10 nitrogen and oxygen atoms in total. The van der Waals surface area contributed by atoms with Crippen molar-refractivity contribution in [2.24, 2.45) is 0 Å². The number of aromatic nitrogens is 2. The predicted molar refractivity (Wildman–Crippen MR) is 169 cm³/mol. The Balaban J connectivity index is 0.000000612. The van der Waals surface area contributed by atoms with E-state index in [1.807, 2.05) is 18.2 Å². The van der Waals surface area contributed by atoms with Crippen molar-refractivity contribution in [3.63, 3.8) is 0 Å². The monoisotopic (exact) mass is 634 g/mol. The largest absolute Gasteiger partial charge is 0.338 e. The molecule has 5 rings (SSSR count). The molecule has 1 saturated heterocycles. The molecule has 1 aliphatic heterocycles. The van der Waals surface area contributed by atoms with E-state index in [1.54, 1.807) is 22.5 Å². The number of fused-ring (bicyclic) bond motifs is 5. The summed E-state index contributed by atoms with van der Waals surface area (Å²) in [4.78, 5) is 8.76. The molecular formula is C29H39ClN6O4S2. The summed E-state index contributed by atoms with van der Waals surface area (Å²) in [5.41, 5.74) is 3.39. The van der Waals surface area contributed by atoms with Gasteiger partial charge in [0.15, 0.2) is 5.82 Å². The zero-order valence-electron chi connectivity index (χ0n) is 24.4. The van der Waals surface area contributed by atoms with Crippen molar-refractivity contribution in [3.05, 3.63) is 64.8 Å². The van der Waals surface area contributed by atoms with E-state index in [0.717, 1.165) is 17.7 Å². The van der Waals surface area contributed by atoms with Gasteiger partial charge in [-0.25, -0.2) is 30.8 Å². The van der Waals surface area contributed by atoms with Crippen LogP contribution < -0.4 is 15.4 Å². The maximum atomic E-state index is 12.4. The molecule has 0 spiro atoms. The third-order valence-electron chi connectivity index (χ3n) is 7.51. The van der Waals surface area contributed by atoms with Crippen molar-refractivity contribution >= 4 is 54.8 Å². The highest BCUT2D eigenvalue weighted by Crippen LogP contribution is 2.47. The van der Waals surface area contributed by atoms with E-state index in [1.165, 1.54) is 56.8 Å². The van der Waals surface area contributed by atoms with Crippen molar-refractivity contribution in [2.45, 2.75) is 62.7 Å². The van der Waals surface area contributed by atoms with Crippen molar-refractivity contribution in [1.82, 2.24) is 19.0 Å². The number of sulfonamides is 2. The van der Waals surface area contributed by atoms with Crippen LogP contribution in [0.5, 0.6) is 0 Å². The number of benzene rings is 2. The molecule has 0 radical (unpaired) electrons. The van der Waals surface area contributed by atoms with Gasteiger partial charge in [-0.2, -0.15) is 4.98 Å². The number of nitrogens with one attached hydrogen (secondary N) is 3. The number of nitrogens with zero attached hydrogens (tertiary/aromatic N) is 3. The first-order chi connectivity index (χ1) is 20.0. The lowest BCUT2D eigenvalue weighted by Crippen LogP contribution is -2.38. The maximum absolute atomic E-state index is 12.4. The number of para-hydroxylation sites is 1. The van der Waals surface area contributed by atoms with Gasteiger partial charge >= 0.3 is 0 Å². The Labute approximate surface area is 254 Å². The van der Waals surface area contributed by atoms with Gasteiger partial charge in [-0.3, -0.25) is 0 Å². The van der Waals surface area contributed by atoms with Crippen LogP contribution in [0.15, 0.2) is 53.6 Å². The summed E-state index contributed by atoms with van der Waals surface area (Å²) in [6.45, 7) is 5.45. The van der Waals surface area contributed by atoms with Crippen LogP contribution in [0, 0.1) is 0 Å². The molecular weight excluding hydrogens is 596 g/mol. The van der Waals surface area contributed by atoms with Gasteiger partial charge in [0.25, 0.3) is 0 Å². The van der Waals surface area contributed by atoms with Crippen LogP contribution in [-0.2, 0) is 20.0 Å². The van der Waals surface area contributed by atoms with Crippen molar-refractivity contribution in [3.8, 4) is 0 Å². The maximum Gasteiger partial charge on any atom is 0.242 e. The van der Waals surface area contributed by atoms with E-state index in [9.17, 15) is 16.8 Å². The van der Waals surface area contributed by atoms with Crippen LogP contribution >= 0.6 is 11.6 Å². The first kappa shape index (κ1) is 32.2. The number of anilines is 4. The summed E-state index contributed by atoms with van der Waals surface area (Å²) in [5.74, 6) is 0.853. The Hall–Kier alpha value is -2.77. The molecule has 0 saturated carbocycles. The third kappa shape index (κ3) is 7.59. The zero-order chi connectivity index (χ0) is 30.5. The normalized spacial score (nSPS) is 18.1. The van der Waals surface area contributed by atoms with E-state index in [-0.39, 0.29) is 33.5 Å². The highest BCUT2D eigenvalue weighted by molar-refractivity contribution is 7.89. The lowest BCUT2D eigenvalue weighted by Gasteiger charge is -2.30. The van der Waals surface area contributed by atoms with E-state index in [2.05, 4.69) is 39.2 Å². The van der Waals surface area contributed by atoms with Gasteiger partial charge in [0.1, 0.15) is 9.92 Å². The molecule has 1 aromatic heterocycles. The summed E-state index contributed by atoms with van der Waals surface area (Å²) in [6, 6.07) is 12.4. The minimum Gasteiger partial charge on any atom is -0.338 e. The molecule has 1 aliphatic carbocycles. The quantitative estimate of drug-likeness (QED) is 0.233. The highest BCUT2D eigenvalue weighted by Gasteiger charge is 2.40. The van der Waals surface area contributed by atoms with Gasteiger partial charge < -0.3 is 10.6 Å². The molecule has 2 unspecified atom stereocenters. The number of piperidine rings is 1. The Morgan fingerprint density at radius 2 is 1.62 bits per heavy atom. The standard InChI is InChI=1S/C23H25ClN6O4S2.C6H14/c1-25-36(33,34)21-6-4-3-5-20(21)28-22-19(24)11-26-23(29-22)27-16-7-8-17-14-9-15(18(17)10-16)13-30(12-14)35(2,31)32;1-3-5-6-4-2/h3-8,10-11,14-15,25H,9,12-13H2,1-2H3,(H2,26,27,28,29);3-6H2,1-2H3. The summed E-state index contributed by atoms with van der Waals surface area (Å²) in [5, 5.41) is 6.40. The van der Waals surface area contributed by atoms with E-state index in [0.29, 0.717) is 18.8 Å². The molecule has 13 heteroatoms. The van der Waals surface area contributed by atoms with E-state index >= 15 is 0 Å². The average molecular weight is 635 g/mol. The van der Waals surface area contributed by atoms with Gasteiger partial charge in [-0.05, 0) is 60.7 Å². The fourth-order valence-corrected chi connectivity index (χ4v) is 7.27. The first-order valence-corrected chi connectivity index (χ1v) is 17.9. The second-order valence-electron chi connectivity index (χ2n) is 10.6. The molecule has 228 valence electrons. The van der Waals surface area contributed by atoms with E-state index < -0.39 is 20.0 Å². The van der Waals surface area contributed by atoms with Gasteiger partial charge in [-0.15, -0.1) is 0 Å². The molecule has 2 aromatic carbocycles. The Morgan fingerprint density at radius 3 is 2.26 bits per heavy atom. The van der Waals surface area contributed by atoms with Gasteiger partial charge in [0.05, 0.1) is 18.1 Å². The molecule has 2 bridgehead atoms. The smallest absolute Gasteiger partial charge is 0.242 e. The van der Waals surface area contributed by atoms with Crippen LogP contribution in [0.4, 0.5) is 23.1 Å². The molecule has 2 atom stereocenters. The number of hydrogen-bond acceptors (Lipinski definition) is 8. The second-order valence-corrected chi connectivity index (χ2v) is 14.8. The molecule has 0 amide bonds. The lowest BCUT2D eigenvalue weighted by atomic mass is 9.98. The van der Waals surface area contributed by atoms with Gasteiger partial charge in [0.2, 0.25) is 26.0 Å². The highest BCUT2D eigenvalue weighted by atomic mass is 35.5. The van der Waals surface area contributed by atoms with Crippen molar-refractivity contribution in [2.75, 3.05) is 37.0 Å². The Morgan fingerprint density at radius 1 is 0.952 bits per heavy atom. The molecule has 2 heterocycles. The van der Waals surface area contributed by atoms with Gasteiger partial charge in [0, 0.05) is 18.8 Å². The second kappa shape index (κ2) is 13.7. The van der Waals surface area contributed by atoms with Gasteiger partial charge in [-0.1, -0.05) is 69.3 Å². The number of rotatable bonds is 10. The molecule has 42 heavy (non-hydrogen) atoms. The first-order valence-electron chi connectivity index (χ1n) is 14.1. The number of unbranched alkanes of at least 4 members (excludes halogenated alkanes) is 3. The average Bonchev–Trinajstić information content (AvgIpc) is 3.21. The molecule has 1 fully saturated rings.